The normalized spacial score (nSPS) is 11.6. The van der Waals surface area contributed by atoms with Crippen LogP contribution in [0, 0.1) is 0 Å². The van der Waals surface area contributed by atoms with Crippen LogP contribution in [0.25, 0.3) is 26.8 Å². The maximum absolute atomic E-state index is 5.96. The van der Waals surface area contributed by atoms with Crippen LogP contribution in [0.3, 0.4) is 0 Å². The van der Waals surface area contributed by atoms with E-state index in [0.29, 0.717) is 5.88 Å². The molecule has 0 spiro atoms. The summed E-state index contributed by atoms with van der Waals surface area (Å²) >= 11 is 1.55. The maximum Gasteiger partial charge on any atom is 0.214 e. The van der Waals surface area contributed by atoms with Gasteiger partial charge in [-0.1, -0.05) is 31.1 Å². The van der Waals surface area contributed by atoms with Crippen LogP contribution in [0.2, 0.25) is 0 Å². The van der Waals surface area contributed by atoms with Crippen molar-refractivity contribution >= 4 is 26.6 Å². The van der Waals surface area contributed by atoms with Crippen molar-refractivity contribution in [3.05, 3.63) is 36.2 Å². The molecule has 0 atom stereocenters. The predicted octanol–water partition coefficient (Wildman–Crippen LogP) is 4.95. The molecule has 124 valence electrons. The molecule has 0 aliphatic rings. The Morgan fingerprint density at radius 1 is 1.17 bits per heavy atom. The van der Waals surface area contributed by atoms with Crippen molar-refractivity contribution in [3.63, 3.8) is 0 Å². The summed E-state index contributed by atoms with van der Waals surface area (Å²) in [5.74, 6) is 2.48. The van der Waals surface area contributed by atoms with Crippen molar-refractivity contribution < 1.29 is 9.15 Å². The highest BCUT2D eigenvalue weighted by molar-refractivity contribution is 7.23. The number of pyridine rings is 1. The summed E-state index contributed by atoms with van der Waals surface area (Å²) in [5, 5.41) is 0. The van der Waals surface area contributed by atoms with Gasteiger partial charge in [-0.2, -0.15) is 0 Å². The van der Waals surface area contributed by atoms with Crippen molar-refractivity contribution in [2.75, 3.05) is 7.11 Å². The van der Waals surface area contributed by atoms with E-state index in [9.17, 15) is 0 Å². The van der Waals surface area contributed by atoms with Crippen LogP contribution in [0.1, 0.15) is 31.9 Å². The third kappa shape index (κ3) is 2.67. The average molecular weight is 341 g/mol. The Hall–Kier alpha value is -2.34. The minimum absolute atomic E-state index is 0.620. The minimum atomic E-state index is 0.620. The van der Waals surface area contributed by atoms with E-state index in [2.05, 4.69) is 22.4 Å². The van der Waals surface area contributed by atoms with Crippen molar-refractivity contribution in [2.24, 2.45) is 0 Å². The number of aromatic nitrogens is 3. The number of hydrogen-bond donors (Lipinski definition) is 0. The maximum atomic E-state index is 5.96. The molecule has 4 aromatic rings. The first-order valence-corrected chi connectivity index (χ1v) is 9.02. The predicted molar refractivity (Wildman–Crippen MR) is 95.9 cm³/mol. The Labute approximate surface area is 143 Å². The molecule has 0 fully saturated rings. The Kier molecular flexibility index (Phi) is 3.98. The number of aryl methyl sites for hydroxylation is 1. The summed E-state index contributed by atoms with van der Waals surface area (Å²) in [4.78, 5) is 11.0. The number of hydrogen-bond acceptors (Lipinski definition) is 5. The Bertz CT molecular complexity index is 983. The molecule has 4 aromatic heterocycles. The third-order valence-electron chi connectivity index (χ3n) is 4.09. The van der Waals surface area contributed by atoms with Crippen molar-refractivity contribution in [1.82, 2.24) is 14.4 Å². The monoisotopic (exact) mass is 341 g/mol. The molecule has 0 aliphatic carbocycles. The summed E-state index contributed by atoms with van der Waals surface area (Å²) in [5.41, 5.74) is 1.89. The number of rotatable bonds is 6. The van der Waals surface area contributed by atoms with Crippen LogP contribution >= 0.6 is 11.3 Å². The molecule has 0 unspecified atom stereocenters. The van der Waals surface area contributed by atoms with E-state index in [-0.39, 0.29) is 0 Å². The van der Waals surface area contributed by atoms with Gasteiger partial charge in [-0.05, 0) is 24.6 Å². The lowest BCUT2D eigenvalue weighted by atomic mass is 10.2. The number of ether oxygens (including phenoxy) is 1. The molecule has 0 bridgehead atoms. The number of fused-ring (bicyclic) bond motifs is 3. The van der Waals surface area contributed by atoms with Gasteiger partial charge >= 0.3 is 0 Å². The lowest BCUT2D eigenvalue weighted by Gasteiger charge is -1.97. The summed E-state index contributed by atoms with van der Waals surface area (Å²) in [7, 11) is 1.62. The number of nitrogens with zero attached hydrogens (tertiary/aromatic N) is 3. The molecule has 6 heteroatoms. The number of methoxy groups -OCH3 is 1. The smallest absolute Gasteiger partial charge is 0.214 e. The molecule has 0 N–H and O–H groups in total. The molecule has 24 heavy (non-hydrogen) atoms. The summed E-state index contributed by atoms with van der Waals surface area (Å²) in [6.45, 7) is 2.21. The second kappa shape index (κ2) is 6.28. The second-order valence-corrected chi connectivity index (χ2v) is 6.74. The van der Waals surface area contributed by atoms with Crippen LogP contribution < -0.4 is 4.74 Å². The van der Waals surface area contributed by atoms with Crippen LogP contribution in [0.4, 0.5) is 0 Å². The van der Waals surface area contributed by atoms with E-state index in [4.69, 9.17) is 14.1 Å². The molecule has 0 saturated carbocycles. The molecule has 5 nitrogen and oxygen atoms in total. The summed E-state index contributed by atoms with van der Waals surface area (Å²) < 4.78 is 13.2. The zero-order valence-electron chi connectivity index (χ0n) is 13.8. The lowest BCUT2D eigenvalue weighted by Crippen LogP contribution is -1.86. The largest absolute Gasteiger partial charge is 0.481 e. The van der Waals surface area contributed by atoms with Crippen LogP contribution in [-0.2, 0) is 6.42 Å². The second-order valence-electron chi connectivity index (χ2n) is 5.78. The van der Waals surface area contributed by atoms with E-state index in [0.717, 1.165) is 38.9 Å². The Balaban J connectivity index is 1.65. The van der Waals surface area contributed by atoms with Gasteiger partial charge in [0.25, 0.3) is 0 Å². The van der Waals surface area contributed by atoms with Crippen molar-refractivity contribution in [2.45, 2.75) is 32.6 Å². The molecule has 0 radical (unpaired) electrons. The minimum Gasteiger partial charge on any atom is -0.481 e. The summed E-state index contributed by atoms with van der Waals surface area (Å²) in [6.07, 6.45) is 6.62. The number of furan rings is 1. The topological polar surface area (TPSA) is 52.6 Å². The van der Waals surface area contributed by atoms with Crippen molar-refractivity contribution in [3.8, 4) is 17.3 Å². The van der Waals surface area contributed by atoms with Crippen molar-refractivity contribution in [1.29, 1.82) is 0 Å². The number of unbranched alkanes of at least 4 members (excludes halogenated alkanes) is 2. The summed E-state index contributed by atoms with van der Waals surface area (Å²) in [6, 6.07) is 7.95. The molecule has 0 aromatic carbocycles. The molecule has 0 amide bonds. The van der Waals surface area contributed by atoms with Gasteiger partial charge in [0.15, 0.2) is 10.7 Å². The highest BCUT2D eigenvalue weighted by atomic mass is 32.1. The molecule has 4 heterocycles. The Morgan fingerprint density at radius 2 is 2.08 bits per heavy atom. The molecular formula is C18H19N3O2S. The van der Waals surface area contributed by atoms with Gasteiger partial charge in [0.05, 0.1) is 12.6 Å². The SMILES string of the molecule is CCCCCc1ccc(-c2cn3c(n2)sc2nc(OC)ccc23)o1. The average Bonchev–Trinajstić information content (AvgIpc) is 3.28. The highest BCUT2D eigenvalue weighted by Gasteiger charge is 2.14. The van der Waals surface area contributed by atoms with Gasteiger partial charge in [0.1, 0.15) is 16.3 Å². The van der Waals surface area contributed by atoms with E-state index in [1.807, 2.05) is 24.4 Å². The third-order valence-corrected chi connectivity index (χ3v) is 5.05. The zero-order chi connectivity index (χ0) is 16.5. The zero-order valence-corrected chi connectivity index (χ0v) is 14.6. The van der Waals surface area contributed by atoms with Gasteiger partial charge < -0.3 is 9.15 Å². The number of imidazole rings is 1. The first kappa shape index (κ1) is 15.2. The fourth-order valence-electron chi connectivity index (χ4n) is 2.80. The molecule has 0 aliphatic heterocycles. The van der Waals surface area contributed by atoms with Gasteiger partial charge in [-0.3, -0.25) is 4.40 Å². The fraction of sp³-hybridized carbons (Fsp3) is 0.333. The molecule has 0 saturated heterocycles. The first-order chi connectivity index (χ1) is 11.8. The van der Waals surface area contributed by atoms with Crippen LogP contribution in [-0.4, -0.2) is 21.5 Å². The van der Waals surface area contributed by atoms with E-state index < -0.39 is 0 Å². The first-order valence-electron chi connectivity index (χ1n) is 8.20. The van der Waals surface area contributed by atoms with Gasteiger partial charge in [0.2, 0.25) is 5.88 Å². The van der Waals surface area contributed by atoms with E-state index in [1.165, 1.54) is 19.3 Å². The van der Waals surface area contributed by atoms with Gasteiger partial charge in [-0.15, -0.1) is 0 Å². The lowest BCUT2D eigenvalue weighted by molar-refractivity contribution is 0.400. The van der Waals surface area contributed by atoms with Gasteiger partial charge in [-0.25, -0.2) is 9.97 Å². The highest BCUT2D eigenvalue weighted by Crippen LogP contribution is 2.30. The Morgan fingerprint density at radius 3 is 2.92 bits per heavy atom. The molecular weight excluding hydrogens is 322 g/mol. The van der Waals surface area contributed by atoms with E-state index in [1.54, 1.807) is 18.4 Å². The van der Waals surface area contributed by atoms with E-state index >= 15 is 0 Å². The quantitative estimate of drug-likeness (QED) is 0.466. The van der Waals surface area contributed by atoms with Crippen LogP contribution in [0.15, 0.2) is 34.9 Å². The van der Waals surface area contributed by atoms with Crippen LogP contribution in [0.5, 0.6) is 5.88 Å². The fourth-order valence-corrected chi connectivity index (χ4v) is 3.77. The standard InChI is InChI=1S/C18H19N3O2S/c1-3-4-5-6-12-7-9-15(23-12)13-11-21-14-8-10-16(22-2)20-17(14)24-18(21)19-13/h7-11H,3-6H2,1-2H3. The van der Waals surface area contributed by atoms with Gasteiger partial charge in [0, 0.05) is 18.7 Å². The molecule has 4 rings (SSSR count). The number of thiazole rings is 1.